The zero-order valence-corrected chi connectivity index (χ0v) is 16.9. The smallest absolute Gasteiger partial charge is 0.255 e. The Morgan fingerprint density at radius 3 is 2.67 bits per heavy atom. The van der Waals surface area contributed by atoms with Gasteiger partial charge in [-0.05, 0) is 49.1 Å². The second-order valence-electron chi connectivity index (χ2n) is 7.51. The highest BCUT2D eigenvalue weighted by atomic mass is 16.5. The van der Waals surface area contributed by atoms with Gasteiger partial charge in [-0.15, -0.1) is 0 Å². The van der Waals surface area contributed by atoms with Gasteiger partial charge in [0.25, 0.3) is 5.91 Å². The topological polar surface area (TPSA) is 87.7 Å². The fraction of sp³-hybridized carbons (Fsp3) is 0.348. The molecule has 2 aliphatic rings. The lowest BCUT2D eigenvalue weighted by Crippen LogP contribution is -2.43. The third-order valence-corrected chi connectivity index (χ3v) is 5.31. The maximum Gasteiger partial charge on any atom is 0.255 e. The molecule has 1 aliphatic heterocycles. The molecule has 156 valence electrons. The van der Waals surface area contributed by atoms with E-state index in [4.69, 9.17) is 4.74 Å². The van der Waals surface area contributed by atoms with E-state index in [1.165, 1.54) is 0 Å². The Labute approximate surface area is 175 Å². The molecule has 1 aliphatic carbocycles. The highest BCUT2D eigenvalue weighted by Gasteiger charge is 2.47. The van der Waals surface area contributed by atoms with Crippen molar-refractivity contribution in [3.63, 3.8) is 0 Å². The number of hydrogen-bond acceptors (Lipinski definition) is 4. The van der Waals surface area contributed by atoms with E-state index in [-0.39, 0.29) is 30.3 Å². The van der Waals surface area contributed by atoms with Crippen molar-refractivity contribution in [1.29, 1.82) is 0 Å². The number of rotatable bonds is 8. The first-order valence-electron chi connectivity index (χ1n) is 10.3. The number of ether oxygens (including phenoxy) is 1. The van der Waals surface area contributed by atoms with Gasteiger partial charge in [0.15, 0.2) is 0 Å². The van der Waals surface area contributed by atoms with Crippen molar-refractivity contribution in [1.82, 2.24) is 15.5 Å². The molecular weight excluding hydrogens is 382 g/mol. The summed E-state index contributed by atoms with van der Waals surface area (Å²) in [6.45, 7) is 2.69. The van der Waals surface area contributed by atoms with Crippen LogP contribution in [0.4, 0.5) is 0 Å². The highest BCUT2D eigenvalue weighted by molar-refractivity contribution is 6.05. The lowest BCUT2D eigenvalue weighted by Gasteiger charge is -2.24. The molecule has 0 saturated heterocycles. The van der Waals surface area contributed by atoms with Crippen LogP contribution in [-0.4, -0.2) is 41.8 Å². The van der Waals surface area contributed by atoms with E-state index in [0.717, 1.165) is 24.2 Å². The van der Waals surface area contributed by atoms with Gasteiger partial charge in [-0.1, -0.05) is 30.3 Å². The van der Waals surface area contributed by atoms with Gasteiger partial charge < -0.3 is 20.3 Å². The number of hydrogen-bond donors (Lipinski definition) is 2. The van der Waals surface area contributed by atoms with Gasteiger partial charge >= 0.3 is 0 Å². The molecule has 1 atom stereocenters. The van der Waals surface area contributed by atoms with Crippen molar-refractivity contribution in [2.24, 2.45) is 0 Å². The predicted octanol–water partition coefficient (Wildman–Crippen LogP) is 2.18. The van der Waals surface area contributed by atoms with Crippen LogP contribution in [0.2, 0.25) is 0 Å². The monoisotopic (exact) mass is 407 g/mol. The SMILES string of the molecule is CCOc1cccc(CNC(=O)CNC(=O)C2c3ccccc3C(=O)N2C2CC2)c1. The van der Waals surface area contributed by atoms with Gasteiger partial charge in [0.05, 0.1) is 13.2 Å². The Balaban J connectivity index is 1.34. The van der Waals surface area contributed by atoms with Crippen LogP contribution in [0.1, 0.15) is 47.3 Å². The van der Waals surface area contributed by atoms with Crippen molar-refractivity contribution in [2.45, 2.75) is 38.4 Å². The minimum Gasteiger partial charge on any atom is -0.494 e. The third-order valence-electron chi connectivity index (χ3n) is 5.31. The molecule has 30 heavy (non-hydrogen) atoms. The molecule has 3 amide bonds. The molecule has 1 heterocycles. The van der Waals surface area contributed by atoms with Gasteiger partial charge in [0, 0.05) is 18.2 Å². The summed E-state index contributed by atoms with van der Waals surface area (Å²) >= 11 is 0. The van der Waals surface area contributed by atoms with E-state index in [2.05, 4.69) is 10.6 Å². The van der Waals surface area contributed by atoms with E-state index in [1.54, 1.807) is 17.0 Å². The minimum atomic E-state index is -0.670. The van der Waals surface area contributed by atoms with Crippen molar-refractivity contribution in [3.05, 3.63) is 65.2 Å². The maximum absolute atomic E-state index is 12.9. The largest absolute Gasteiger partial charge is 0.494 e. The summed E-state index contributed by atoms with van der Waals surface area (Å²) in [5, 5.41) is 5.50. The predicted molar refractivity (Wildman–Crippen MR) is 111 cm³/mol. The minimum absolute atomic E-state index is 0.104. The summed E-state index contributed by atoms with van der Waals surface area (Å²) in [6.07, 6.45) is 1.82. The van der Waals surface area contributed by atoms with Crippen molar-refractivity contribution in [3.8, 4) is 5.75 Å². The molecule has 0 radical (unpaired) electrons. The molecular formula is C23H25N3O4. The van der Waals surface area contributed by atoms with Crippen LogP contribution in [0, 0.1) is 0 Å². The second kappa shape index (κ2) is 8.57. The maximum atomic E-state index is 12.9. The van der Waals surface area contributed by atoms with Crippen molar-refractivity contribution >= 4 is 17.7 Å². The van der Waals surface area contributed by atoms with Crippen molar-refractivity contribution < 1.29 is 19.1 Å². The van der Waals surface area contributed by atoms with E-state index in [1.807, 2.05) is 43.3 Å². The number of fused-ring (bicyclic) bond motifs is 1. The number of nitrogens with one attached hydrogen (secondary N) is 2. The Morgan fingerprint density at radius 2 is 1.90 bits per heavy atom. The highest BCUT2D eigenvalue weighted by Crippen LogP contribution is 2.41. The molecule has 0 bridgehead atoms. The summed E-state index contributed by atoms with van der Waals surface area (Å²) in [4.78, 5) is 39.5. The average Bonchev–Trinajstić information content (AvgIpc) is 3.55. The Hall–Kier alpha value is -3.35. The summed E-state index contributed by atoms with van der Waals surface area (Å²) in [6, 6.07) is 14.1. The van der Waals surface area contributed by atoms with Crippen LogP contribution in [-0.2, 0) is 16.1 Å². The van der Waals surface area contributed by atoms with E-state index >= 15 is 0 Å². The van der Waals surface area contributed by atoms with Crippen LogP contribution in [0.15, 0.2) is 48.5 Å². The summed E-state index contributed by atoms with van der Waals surface area (Å²) in [5.74, 6) is 0.0311. The van der Waals surface area contributed by atoms with Gasteiger partial charge in [0.2, 0.25) is 11.8 Å². The Morgan fingerprint density at radius 1 is 1.10 bits per heavy atom. The van der Waals surface area contributed by atoms with Crippen LogP contribution >= 0.6 is 0 Å². The summed E-state index contributed by atoms with van der Waals surface area (Å²) in [5.41, 5.74) is 2.19. The van der Waals surface area contributed by atoms with E-state index < -0.39 is 6.04 Å². The summed E-state index contributed by atoms with van der Waals surface area (Å²) < 4.78 is 5.46. The number of amides is 3. The van der Waals surface area contributed by atoms with Gasteiger partial charge in [-0.25, -0.2) is 0 Å². The first-order valence-corrected chi connectivity index (χ1v) is 10.3. The van der Waals surface area contributed by atoms with Gasteiger partial charge in [-0.2, -0.15) is 0 Å². The second-order valence-corrected chi connectivity index (χ2v) is 7.51. The van der Waals surface area contributed by atoms with Crippen LogP contribution in [0.5, 0.6) is 5.75 Å². The quantitative estimate of drug-likeness (QED) is 0.702. The number of carbonyl (C=O) groups excluding carboxylic acids is 3. The zero-order chi connectivity index (χ0) is 21.1. The fourth-order valence-corrected chi connectivity index (χ4v) is 3.77. The van der Waals surface area contributed by atoms with Gasteiger partial charge in [-0.3, -0.25) is 14.4 Å². The van der Waals surface area contributed by atoms with Gasteiger partial charge in [0.1, 0.15) is 11.8 Å². The summed E-state index contributed by atoms with van der Waals surface area (Å²) in [7, 11) is 0. The Bertz CT molecular complexity index is 970. The molecule has 1 fully saturated rings. The first-order chi connectivity index (χ1) is 14.6. The van der Waals surface area contributed by atoms with Crippen LogP contribution in [0.25, 0.3) is 0 Å². The molecule has 0 aromatic heterocycles. The van der Waals surface area contributed by atoms with E-state index in [9.17, 15) is 14.4 Å². The lowest BCUT2D eigenvalue weighted by atomic mass is 10.0. The molecule has 7 nitrogen and oxygen atoms in total. The van der Waals surface area contributed by atoms with Crippen LogP contribution in [0.3, 0.4) is 0 Å². The number of carbonyl (C=O) groups is 3. The molecule has 1 unspecified atom stereocenters. The number of nitrogens with zero attached hydrogens (tertiary/aromatic N) is 1. The zero-order valence-electron chi connectivity index (χ0n) is 16.9. The third kappa shape index (κ3) is 4.15. The molecule has 2 N–H and O–H groups in total. The lowest BCUT2D eigenvalue weighted by molar-refractivity contribution is -0.129. The number of benzene rings is 2. The molecule has 7 heteroatoms. The molecule has 1 saturated carbocycles. The van der Waals surface area contributed by atoms with E-state index in [0.29, 0.717) is 24.3 Å². The molecule has 2 aromatic rings. The van der Waals surface area contributed by atoms with Crippen molar-refractivity contribution in [2.75, 3.05) is 13.2 Å². The molecule has 2 aromatic carbocycles. The standard InChI is InChI=1S/C23H25N3O4/c1-2-30-17-7-5-6-15(12-17)13-24-20(27)14-25-22(28)21-18-8-3-4-9-19(18)23(29)26(21)16-10-11-16/h3-9,12,16,21H,2,10-11,13-14H2,1H3,(H,24,27)(H,25,28). The average molecular weight is 407 g/mol. The molecule has 0 spiro atoms. The normalized spacial score (nSPS) is 17.4. The fourth-order valence-electron chi connectivity index (χ4n) is 3.77. The Kier molecular flexibility index (Phi) is 5.70. The molecule has 4 rings (SSSR count). The van der Waals surface area contributed by atoms with Crippen LogP contribution < -0.4 is 15.4 Å². The first kappa shape index (κ1) is 19.9.